The van der Waals surface area contributed by atoms with Crippen molar-refractivity contribution < 1.29 is 4.42 Å². The lowest BCUT2D eigenvalue weighted by molar-refractivity contribution is 0.579. The first kappa shape index (κ1) is 10.6. The number of nitrogens with zero attached hydrogens (tertiary/aromatic N) is 5. The minimum Gasteiger partial charge on any atom is -0.463 e. The molecule has 0 atom stereocenters. The van der Waals surface area contributed by atoms with Crippen molar-refractivity contribution in [3.8, 4) is 11.5 Å². The Hall–Kier alpha value is -2.57. The lowest BCUT2D eigenvalue weighted by Crippen LogP contribution is -2.15. The van der Waals surface area contributed by atoms with Crippen molar-refractivity contribution in [2.45, 2.75) is 0 Å². The first-order valence-corrected chi connectivity index (χ1v) is 5.39. The molecule has 7 heteroatoms. The van der Waals surface area contributed by atoms with E-state index < -0.39 is 0 Å². The fraction of sp³-hybridized carbons (Fsp3) is 0.182. The summed E-state index contributed by atoms with van der Waals surface area (Å²) in [6.07, 6.45) is 1.60. The largest absolute Gasteiger partial charge is 0.463 e. The molecule has 3 aromatic heterocycles. The molecule has 0 amide bonds. The summed E-state index contributed by atoms with van der Waals surface area (Å²) in [5.41, 5.74) is 7.17. The van der Waals surface area contributed by atoms with E-state index in [1.807, 2.05) is 26.2 Å². The molecule has 0 radical (unpaired) electrons. The Kier molecular flexibility index (Phi) is 2.19. The number of fused-ring (bicyclic) bond motifs is 1. The Balaban J connectivity index is 2.20. The zero-order chi connectivity index (χ0) is 12.7. The van der Waals surface area contributed by atoms with E-state index in [1.54, 1.807) is 17.2 Å². The molecule has 0 aromatic carbocycles. The van der Waals surface area contributed by atoms with Crippen LogP contribution in [0.4, 0.5) is 11.9 Å². The van der Waals surface area contributed by atoms with E-state index >= 15 is 0 Å². The molecule has 0 bridgehead atoms. The van der Waals surface area contributed by atoms with Crippen LogP contribution in [0.3, 0.4) is 0 Å². The predicted octanol–water partition coefficient (Wildman–Crippen LogP) is 1.03. The molecule has 7 nitrogen and oxygen atoms in total. The van der Waals surface area contributed by atoms with Gasteiger partial charge < -0.3 is 15.1 Å². The third-order valence-electron chi connectivity index (χ3n) is 2.51. The standard InChI is InChI=1S/C11H12N6O/c1-16(2)11-13-9-6-7(8-4-3-5-18-8)15-17(9)10(12)14-11/h3-6H,1-2H3,(H2,12,13,14). The minimum atomic E-state index is 0.293. The summed E-state index contributed by atoms with van der Waals surface area (Å²) in [5, 5.41) is 4.31. The number of anilines is 2. The Bertz CT molecular complexity index is 685. The molecule has 3 heterocycles. The lowest BCUT2D eigenvalue weighted by Gasteiger charge is -2.10. The van der Waals surface area contributed by atoms with Gasteiger partial charge >= 0.3 is 0 Å². The molecule has 0 aliphatic heterocycles. The molecule has 92 valence electrons. The number of rotatable bonds is 2. The van der Waals surface area contributed by atoms with Crippen LogP contribution in [0.1, 0.15) is 0 Å². The second kappa shape index (κ2) is 3.73. The Morgan fingerprint density at radius 2 is 2.17 bits per heavy atom. The van der Waals surface area contributed by atoms with Crippen molar-refractivity contribution in [1.82, 2.24) is 19.6 Å². The summed E-state index contributed by atoms with van der Waals surface area (Å²) in [5.74, 6) is 1.51. The second-order valence-corrected chi connectivity index (χ2v) is 4.05. The van der Waals surface area contributed by atoms with E-state index in [2.05, 4.69) is 15.1 Å². The van der Waals surface area contributed by atoms with Gasteiger partial charge in [-0.1, -0.05) is 0 Å². The van der Waals surface area contributed by atoms with Gasteiger partial charge in [0, 0.05) is 20.2 Å². The van der Waals surface area contributed by atoms with Crippen LogP contribution in [0, 0.1) is 0 Å². The van der Waals surface area contributed by atoms with E-state index in [9.17, 15) is 0 Å². The van der Waals surface area contributed by atoms with Crippen molar-refractivity contribution >= 4 is 17.5 Å². The summed E-state index contributed by atoms with van der Waals surface area (Å²) in [4.78, 5) is 10.3. The smallest absolute Gasteiger partial charge is 0.230 e. The van der Waals surface area contributed by atoms with Gasteiger partial charge in [-0.3, -0.25) is 0 Å². The van der Waals surface area contributed by atoms with Gasteiger partial charge in [0.05, 0.1) is 6.26 Å². The van der Waals surface area contributed by atoms with Gasteiger partial charge in [0.15, 0.2) is 11.4 Å². The summed E-state index contributed by atoms with van der Waals surface area (Å²) in [7, 11) is 3.71. The normalized spacial score (nSPS) is 11.0. The van der Waals surface area contributed by atoms with Crippen LogP contribution in [0.5, 0.6) is 0 Å². The fourth-order valence-corrected chi connectivity index (χ4v) is 1.64. The summed E-state index contributed by atoms with van der Waals surface area (Å²) in [6.45, 7) is 0. The maximum absolute atomic E-state index is 5.85. The van der Waals surface area contributed by atoms with E-state index in [0.29, 0.717) is 29.0 Å². The number of hydrogen-bond acceptors (Lipinski definition) is 6. The Labute approximate surface area is 103 Å². The summed E-state index contributed by atoms with van der Waals surface area (Å²) < 4.78 is 6.78. The molecule has 18 heavy (non-hydrogen) atoms. The van der Waals surface area contributed by atoms with Crippen LogP contribution >= 0.6 is 0 Å². The highest BCUT2D eigenvalue weighted by Gasteiger charge is 2.12. The molecule has 0 spiro atoms. The van der Waals surface area contributed by atoms with Crippen LogP contribution < -0.4 is 10.6 Å². The topological polar surface area (TPSA) is 85.5 Å². The van der Waals surface area contributed by atoms with Gasteiger partial charge in [-0.15, -0.1) is 0 Å². The highest BCUT2D eigenvalue weighted by atomic mass is 16.3. The number of hydrogen-bond donors (Lipinski definition) is 1. The first-order chi connectivity index (χ1) is 8.65. The molecular formula is C11H12N6O. The zero-order valence-corrected chi connectivity index (χ0v) is 10.0. The summed E-state index contributed by atoms with van der Waals surface area (Å²) >= 11 is 0. The van der Waals surface area contributed by atoms with Crippen molar-refractivity contribution in [3.63, 3.8) is 0 Å². The first-order valence-electron chi connectivity index (χ1n) is 5.39. The van der Waals surface area contributed by atoms with Gasteiger partial charge in [-0.05, 0) is 12.1 Å². The van der Waals surface area contributed by atoms with Gasteiger partial charge in [0.25, 0.3) is 0 Å². The zero-order valence-electron chi connectivity index (χ0n) is 10.0. The van der Waals surface area contributed by atoms with E-state index in [-0.39, 0.29) is 0 Å². The molecule has 3 rings (SSSR count). The number of furan rings is 1. The van der Waals surface area contributed by atoms with Gasteiger partial charge in [0.1, 0.15) is 5.69 Å². The predicted molar refractivity (Wildman–Crippen MR) is 67.2 cm³/mol. The maximum Gasteiger partial charge on any atom is 0.230 e. The van der Waals surface area contributed by atoms with Crippen molar-refractivity contribution in [2.75, 3.05) is 24.7 Å². The molecule has 0 unspecified atom stereocenters. The SMILES string of the molecule is CN(C)c1nc(N)n2nc(-c3ccco3)cc2n1. The molecule has 0 saturated carbocycles. The highest BCUT2D eigenvalue weighted by molar-refractivity contribution is 5.61. The minimum absolute atomic E-state index is 0.293. The van der Waals surface area contributed by atoms with Crippen LogP contribution in [0.15, 0.2) is 28.9 Å². The lowest BCUT2D eigenvalue weighted by atomic mass is 10.3. The fourth-order valence-electron chi connectivity index (χ4n) is 1.64. The van der Waals surface area contributed by atoms with Crippen molar-refractivity contribution in [3.05, 3.63) is 24.5 Å². The van der Waals surface area contributed by atoms with E-state index in [1.165, 1.54) is 4.52 Å². The number of nitrogen functional groups attached to an aromatic ring is 1. The van der Waals surface area contributed by atoms with E-state index in [4.69, 9.17) is 10.2 Å². The molecule has 0 fully saturated rings. The molecule has 3 aromatic rings. The van der Waals surface area contributed by atoms with Crippen LogP contribution in [-0.2, 0) is 0 Å². The van der Waals surface area contributed by atoms with Crippen molar-refractivity contribution in [1.29, 1.82) is 0 Å². The van der Waals surface area contributed by atoms with Crippen LogP contribution in [0.25, 0.3) is 17.1 Å². The van der Waals surface area contributed by atoms with Crippen LogP contribution in [-0.4, -0.2) is 33.7 Å². The van der Waals surface area contributed by atoms with Crippen LogP contribution in [0.2, 0.25) is 0 Å². The molecule has 0 aliphatic rings. The number of aromatic nitrogens is 4. The third kappa shape index (κ3) is 1.56. The quantitative estimate of drug-likeness (QED) is 0.724. The Morgan fingerprint density at radius 3 is 2.83 bits per heavy atom. The molecule has 0 saturated heterocycles. The Morgan fingerprint density at radius 1 is 1.33 bits per heavy atom. The monoisotopic (exact) mass is 244 g/mol. The number of nitrogens with two attached hydrogens (primary N) is 1. The molecule has 2 N–H and O–H groups in total. The van der Waals surface area contributed by atoms with Gasteiger partial charge in [-0.25, -0.2) is 0 Å². The summed E-state index contributed by atoms with van der Waals surface area (Å²) in [6, 6.07) is 5.45. The third-order valence-corrected chi connectivity index (χ3v) is 2.51. The van der Waals surface area contributed by atoms with Gasteiger partial charge in [-0.2, -0.15) is 19.6 Å². The van der Waals surface area contributed by atoms with E-state index in [0.717, 1.165) is 0 Å². The molecule has 0 aliphatic carbocycles. The van der Waals surface area contributed by atoms with Gasteiger partial charge in [0.2, 0.25) is 11.9 Å². The average Bonchev–Trinajstić information content (AvgIpc) is 2.96. The maximum atomic E-state index is 5.85. The van der Waals surface area contributed by atoms with Crippen molar-refractivity contribution in [2.24, 2.45) is 0 Å². The second-order valence-electron chi connectivity index (χ2n) is 4.05. The molecular weight excluding hydrogens is 232 g/mol. The average molecular weight is 244 g/mol. The highest BCUT2D eigenvalue weighted by Crippen LogP contribution is 2.21.